The quantitative estimate of drug-likeness (QED) is 0.741. The highest BCUT2D eigenvalue weighted by Crippen LogP contribution is 2.51. The Balaban J connectivity index is 1.38. The van der Waals surface area contributed by atoms with Crippen molar-refractivity contribution in [3.05, 3.63) is 0 Å². The average molecular weight is 195 g/mol. The van der Waals surface area contributed by atoms with Crippen molar-refractivity contribution in [1.29, 1.82) is 0 Å². The Labute approximate surface area is 86.4 Å². The van der Waals surface area contributed by atoms with Gasteiger partial charge in [-0.1, -0.05) is 6.42 Å². The monoisotopic (exact) mass is 195 g/mol. The van der Waals surface area contributed by atoms with Gasteiger partial charge in [-0.25, -0.2) is 0 Å². The molecule has 1 N–H and O–H groups in total. The van der Waals surface area contributed by atoms with Crippen molar-refractivity contribution >= 4 is 0 Å². The molecule has 0 radical (unpaired) electrons. The van der Waals surface area contributed by atoms with Crippen molar-refractivity contribution in [3.8, 4) is 0 Å². The van der Waals surface area contributed by atoms with E-state index in [1.165, 1.54) is 38.6 Å². The average Bonchev–Trinajstić information content (AvgIpc) is 2.69. The van der Waals surface area contributed by atoms with Crippen LogP contribution in [0.4, 0.5) is 0 Å². The Hall–Kier alpha value is -0.0800. The van der Waals surface area contributed by atoms with Crippen LogP contribution in [0.15, 0.2) is 0 Å². The lowest BCUT2D eigenvalue weighted by molar-refractivity contribution is 0.0660. The molecule has 0 amide bonds. The number of rotatable bonds is 3. The number of nitrogens with one attached hydrogen (secondary N) is 1. The van der Waals surface area contributed by atoms with Crippen molar-refractivity contribution in [3.63, 3.8) is 0 Å². The van der Waals surface area contributed by atoms with Crippen LogP contribution in [0.25, 0.3) is 0 Å². The van der Waals surface area contributed by atoms with Gasteiger partial charge < -0.3 is 10.1 Å². The molecule has 2 heteroatoms. The molecule has 3 fully saturated rings. The predicted octanol–water partition coefficient (Wildman–Crippen LogP) is 1.80. The first-order chi connectivity index (χ1) is 6.95. The van der Waals surface area contributed by atoms with Crippen LogP contribution in [0.3, 0.4) is 0 Å². The number of hydrogen-bond donors (Lipinski definition) is 1. The van der Waals surface area contributed by atoms with Crippen molar-refractivity contribution in [2.75, 3.05) is 19.8 Å². The van der Waals surface area contributed by atoms with Crippen LogP contribution in [-0.4, -0.2) is 25.8 Å². The minimum absolute atomic E-state index is 0.894. The first kappa shape index (κ1) is 9.17. The van der Waals surface area contributed by atoms with E-state index in [4.69, 9.17) is 4.74 Å². The SMILES string of the molecule is C1CC2C(C1)C2NCC1CCOCC1. The maximum absolute atomic E-state index is 5.37. The zero-order chi connectivity index (χ0) is 9.38. The van der Waals surface area contributed by atoms with Gasteiger partial charge in [-0.15, -0.1) is 0 Å². The molecule has 1 aliphatic heterocycles. The Morgan fingerprint density at radius 3 is 2.43 bits per heavy atom. The second-order valence-electron chi connectivity index (χ2n) is 5.25. The molecule has 0 spiro atoms. The van der Waals surface area contributed by atoms with Gasteiger partial charge in [0.2, 0.25) is 0 Å². The van der Waals surface area contributed by atoms with E-state index < -0.39 is 0 Å². The van der Waals surface area contributed by atoms with Gasteiger partial charge in [0.15, 0.2) is 0 Å². The second kappa shape index (κ2) is 3.82. The largest absolute Gasteiger partial charge is 0.381 e. The molecule has 14 heavy (non-hydrogen) atoms. The van der Waals surface area contributed by atoms with E-state index >= 15 is 0 Å². The third-order valence-electron chi connectivity index (χ3n) is 4.39. The summed E-state index contributed by atoms with van der Waals surface area (Å²) in [5, 5.41) is 3.77. The van der Waals surface area contributed by atoms with E-state index in [9.17, 15) is 0 Å². The first-order valence-corrected chi connectivity index (χ1v) is 6.26. The molecule has 3 rings (SSSR count). The van der Waals surface area contributed by atoms with E-state index in [-0.39, 0.29) is 0 Å². The van der Waals surface area contributed by atoms with Gasteiger partial charge in [-0.3, -0.25) is 0 Å². The molecule has 2 aliphatic carbocycles. The second-order valence-corrected chi connectivity index (χ2v) is 5.25. The number of fused-ring (bicyclic) bond motifs is 1. The van der Waals surface area contributed by atoms with Crippen molar-refractivity contribution in [2.24, 2.45) is 17.8 Å². The summed E-state index contributed by atoms with van der Waals surface area (Å²) in [6.45, 7) is 3.23. The van der Waals surface area contributed by atoms with Crippen LogP contribution in [0.5, 0.6) is 0 Å². The molecule has 0 aromatic carbocycles. The molecule has 2 nitrogen and oxygen atoms in total. The zero-order valence-electron chi connectivity index (χ0n) is 8.87. The van der Waals surface area contributed by atoms with Crippen LogP contribution in [0.2, 0.25) is 0 Å². The molecule has 2 unspecified atom stereocenters. The standard InChI is InChI=1S/C12H21NO/c1-2-10-11(3-1)12(10)13-8-9-4-6-14-7-5-9/h9-13H,1-8H2. The lowest BCUT2D eigenvalue weighted by Gasteiger charge is -2.22. The van der Waals surface area contributed by atoms with E-state index in [0.29, 0.717) is 0 Å². The van der Waals surface area contributed by atoms with Crippen LogP contribution in [0, 0.1) is 17.8 Å². The maximum atomic E-state index is 5.37. The molecule has 0 bridgehead atoms. The summed E-state index contributed by atoms with van der Waals surface area (Å²) < 4.78 is 5.37. The van der Waals surface area contributed by atoms with Crippen molar-refractivity contribution < 1.29 is 4.74 Å². The topological polar surface area (TPSA) is 21.3 Å². The Bertz CT molecular complexity index is 188. The Morgan fingerprint density at radius 2 is 1.71 bits per heavy atom. The third kappa shape index (κ3) is 1.70. The predicted molar refractivity (Wildman–Crippen MR) is 56.2 cm³/mol. The summed E-state index contributed by atoms with van der Waals surface area (Å²) in [7, 11) is 0. The molecule has 2 saturated carbocycles. The summed E-state index contributed by atoms with van der Waals surface area (Å²) in [6, 6.07) is 0.909. The molecule has 3 aliphatic rings. The maximum Gasteiger partial charge on any atom is 0.0469 e. The fourth-order valence-electron chi connectivity index (χ4n) is 3.38. The van der Waals surface area contributed by atoms with Gasteiger partial charge in [0, 0.05) is 19.3 Å². The lowest BCUT2D eigenvalue weighted by atomic mass is 10.0. The smallest absolute Gasteiger partial charge is 0.0469 e. The summed E-state index contributed by atoms with van der Waals surface area (Å²) in [5.74, 6) is 3.02. The highest BCUT2D eigenvalue weighted by Gasteiger charge is 2.52. The van der Waals surface area contributed by atoms with E-state index in [0.717, 1.165) is 37.0 Å². The fourth-order valence-corrected chi connectivity index (χ4v) is 3.38. The molecule has 0 aromatic heterocycles. The van der Waals surface area contributed by atoms with Gasteiger partial charge in [-0.2, -0.15) is 0 Å². The van der Waals surface area contributed by atoms with Crippen molar-refractivity contribution in [2.45, 2.75) is 38.1 Å². The van der Waals surface area contributed by atoms with Gasteiger partial charge in [0.25, 0.3) is 0 Å². The summed E-state index contributed by atoms with van der Waals surface area (Å²) >= 11 is 0. The summed E-state index contributed by atoms with van der Waals surface area (Å²) in [6.07, 6.45) is 7.03. The lowest BCUT2D eigenvalue weighted by Crippen LogP contribution is -2.30. The van der Waals surface area contributed by atoms with Gasteiger partial charge >= 0.3 is 0 Å². The third-order valence-corrected chi connectivity index (χ3v) is 4.39. The number of hydrogen-bond acceptors (Lipinski definition) is 2. The van der Waals surface area contributed by atoms with Crippen LogP contribution < -0.4 is 5.32 Å². The van der Waals surface area contributed by atoms with Crippen LogP contribution in [-0.2, 0) is 4.74 Å². The summed E-state index contributed by atoms with van der Waals surface area (Å²) in [5.41, 5.74) is 0. The fraction of sp³-hybridized carbons (Fsp3) is 1.00. The van der Waals surface area contributed by atoms with E-state index in [1.807, 2.05) is 0 Å². The van der Waals surface area contributed by atoms with Gasteiger partial charge in [0.05, 0.1) is 0 Å². The zero-order valence-corrected chi connectivity index (χ0v) is 8.87. The Morgan fingerprint density at radius 1 is 1.00 bits per heavy atom. The van der Waals surface area contributed by atoms with Gasteiger partial charge in [-0.05, 0) is 50.0 Å². The minimum Gasteiger partial charge on any atom is -0.381 e. The van der Waals surface area contributed by atoms with Crippen molar-refractivity contribution in [1.82, 2.24) is 5.32 Å². The molecular weight excluding hydrogens is 174 g/mol. The van der Waals surface area contributed by atoms with Crippen LogP contribution >= 0.6 is 0 Å². The molecule has 0 aromatic rings. The minimum atomic E-state index is 0.894. The van der Waals surface area contributed by atoms with E-state index in [2.05, 4.69) is 5.32 Å². The van der Waals surface area contributed by atoms with Gasteiger partial charge in [0.1, 0.15) is 0 Å². The molecule has 1 heterocycles. The number of ether oxygens (including phenoxy) is 1. The highest BCUT2D eigenvalue weighted by molar-refractivity contribution is 5.06. The molecule has 1 saturated heterocycles. The molecule has 80 valence electrons. The molecule has 2 atom stereocenters. The van der Waals surface area contributed by atoms with Crippen LogP contribution in [0.1, 0.15) is 32.1 Å². The summed E-state index contributed by atoms with van der Waals surface area (Å²) in [4.78, 5) is 0. The molecular formula is C12H21NO. The van der Waals surface area contributed by atoms with E-state index in [1.54, 1.807) is 0 Å². The Kier molecular flexibility index (Phi) is 2.50. The highest BCUT2D eigenvalue weighted by atomic mass is 16.5. The first-order valence-electron chi connectivity index (χ1n) is 6.26. The normalized spacial score (nSPS) is 42.4.